The van der Waals surface area contributed by atoms with Gasteiger partial charge in [-0.25, -0.2) is 4.79 Å². The highest BCUT2D eigenvalue weighted by Gasteiger charge is 2.52. The SMILES string of the molecule is COc1cc2ccccc2c(C(=O)O)c1[C@@H]1C2=C(OC3=C1C(O)CC(C)(C)C3)[C@@H](C(C)C)N(C)C2=O. The maximum Gasteiger partial charge on any atom is 0.336 e. The van der Waals surface area contributed by atoms with Crippen LogP contribution in [0.15, 0.2) is 53.0 Å². The van der Waals surface area contributed by atoms with Crippen molar-refractivity contribution >= 4 is 22.6 Å². The van der Waals surface area contributed by atoms with Crippen molar-refractivity contribution in [3.05, 3.63) is 64.1 Å². The normalized spacial score (nSPS) is 25.3. The van der Waals surface area contributed by atoms with E-state index in [-0.39, 0.29) is 28.8 Å². The lowest BCUT2D eigenvalue weighted by Crippen LogP contribution is -2.36. The molecule has 1 amide bonds. The van der Waals surface area contributed by atoms with Crippen LogP contribution in [0.2, 0.25) is 0 Å². The first kappa shape index (κ1) is 24.4. The number of aliphatic hydroxyl groups is 1. The molecule has 0 saturated carbocycles. The predicted molar refractivity (Wildman–Crippen MR) is 136 cm³/mol. The molecule has 2 aromatic rings. The molecule has 36 heavy (non-hydrogen) atoms. The van der Waals surface area contributed by atoms with Crippen LogP contribution in [-0.2, 0) is 9.53 Å². The molecule has 3 atom stereocenters. The van der Waals surface area contributed by atoms with Gasteiger partial charge in [-0.15, -0.1) is 0 Å². The first-order chi connectivity index (χ1) is 17.0. The van der Waals surface area contributed by atoms with E-state index in [4.69, 9.17) is 9.47 Å². The van der Waals surface area contributed by atoms with Crippen molar-refractivity contribution in [2.24, 2.45) is 11.3 Å². The minimum Gasteiger partial charge on any atom is -0.496 e. The Hall–Kier alpha value is -3.32. The van der Waals surface area contributed by atoms with Crippen LogP contribution < -0.4 is 4.74 Å². The highest BCUT2D eigenvalue weighted by Crippen LogP contribution is 2.56. The van der Waals surface area contributed by atoms with Crippen molar-refractivity contribution in [2.75, 3.05) is 14.2 Å². The minimum atomic E-state index is -1.11. The fourth-order valence-corrected chi connectivity index (χ4v) is 6.38. The van der Waals surface area contributed by atoms with Crippen LogP contribution in [0.25, 0.3) is 10.8 Å². The first-order valence-electron chi connectivity index (χ1n) is 12.4. The van der Waals surface area contributed by atoms with Crippen LogP contribution in [0.3, 0.4) is 0 Å². The van der Waals surface area contributed by atoms with Gasteiger partial charge in [0.1, 0.15) is 17.3 Å². The van der Waals surface area contributed by atoms with E-state index in [1.54, 1.807) is 24.1 Å². The number of ether oxygens (including phenoxy) is 2. The number of fused-ring (bicyclic) bond motifs is 1. The highest BCUT2D eigenvalue weighted by atomic mass is 16.5. The third kappa shape index (κ3) is 3.52. The van der Waals surface area contributed by atoms with Gasteiger partial charge in [0.05, 0.1) is 30.4 Å². The van der Waals surface area contributed by atoms with Gasteiger partial charge in [-0.3, -0.25) is 4.79 Å². The average Bonchev–Trinajstić information content (AvgIpc) is 3.05. The van der Waals surface area contributed by atoms with Crippen molar-refractivity contribution in [3.8, 4) is 5.75 Å². The number of methoxy groups -OCH3 is 1. The summed E-state index contributed by atoms with van der Waals surface area (Å²) in [5.41, 5.74) is 1.21. The monoisotopic (exact) mass is 491 g/mol. The standard InChI is InChI=1S/C29H33NO6/c1-14(2)25-26-24(27(32)30(25)5)23(21-17(31)12-29(3,4)13-19(21)36-26)22-18(35-6)11-15-9-7-8-10-16(15)20(22)28(33)34/h7-11,14,17,23,25,31H,12-13H2,1-6H3,(H,33,34)/t17?,23-,25-/m1/s1. The molecule has 2 aromatic carbocycles. The number of carbonyl (C=O) groups excluding carboxylic acids is 1. The van der Waals surface area contributed by atoms with Crippen molar-refractivity contribution in [3.63, 3.8) is 0 Å². The van der Waals surface area contributed by atoms with Gasteiger partial charge in [0, 0.05) is 30.5 Å². The van der Waals surface area contributed by atoms with E-state index in [0.717, 1.165) is 5.39 Å². The number of carboxylic acid groups (broad SMARTS) is 1. The second kappa shape index (κ2) is 8.37. The molecule has 0 aromatic heterocycles. The zero-order valence-electron chi connectivity index (χ0n) is 21.6. The summed E-state index contributed by atoms with van der Waals surface area (Å²) in [6, 6.07) is 8.78. The average molecular weight is 492 g/mol. The van der Waals surface area contributed by atoms with E-state index < -0.39 is 18.0 Å². The smallest absolute Gasteiger partial charge is 0.336 e. The summed E-state index contributed by atoms with van der Waals surface area (Å²) >= 11 is 0. The van der Waals surface area contributed by atoms with E-state index in [1.165, 1.54) is 7.11 Å². The second-order valence-corrected chi connectivity index (χ2v) is 11.3. The number of hydrogen-bond donors (Lipinski definition) is 2. The lowest BCUT2D eigenvalue weighted by atomic mass is 9.68. The Kier molecular flexibility index (Phi) is 5.67. The van der Waals surface area contributed by atoms with Gasteiger partial charge in [-0.2, -0.15) is 0 Å². The number of carbonyl (C=O) groups is 2. The summed E-state index contributed by atoms with van der Waals surface area (Å²) in [4.78, 5) is 28.3. The number of aromatic carboxylic acids is 1. The van der Waals surface area contributed by atoms with E-state index in [9.17, 15) is 19.8 Å². The van der Waals surface area contributed by atoms with Crippen molar-refractivity contribution in [1.29, 1.82) is 0 Å². The summed E-state index contributed by atoms with van der Waals surface area (Å²) in [7, 11) is 3.25. The number of amides is 1. The van der Waals surface area contributed by atoms with Gasteiger partial charge in [0.15, 0.2) is 0 Å². The Bertz CT molecular complexity index is 1350. The largest absolute Gasteiger partial charge is 0.496 e. The van der Waals surface area contributed by atoms with Crippen molar-refractivity contribution in [2.45, 2.75) is 58.6 Å². The minimum absolute atomic E-state index is 0.0771. The lowest BCUT2D eigenvalue weighted by molar-refractivity contribution is -0.126. The molecule has 7 nitrogen and oxygen atoms in total. The van der Waals surface area contributed by atoms with E-state index in [1.807, 2.05) is 32.0 Å². The van der Waals surface area contributed by atoms with E-state index in [2.05, 4.69) is 13.8 Å². The number of hydrogen-bond acceptors (Lipinski definition) is 5. The zero-order valence-corrected chi connectivity index (χ0v) is 21.6. The summed E-state index contributed by atoms with van der Waals surface area (Å²) in [5, 5.41) is 23.2. The van der Waals surface area contributed by atoms with Gasteiger partial charge in [0.2, 0.25) is 0 Å². The van der Waals surface area contributed by atoms with Crippen LogP contribution in [0.1, 0.15) is 62.4 Å². The summed E-state index contributed by atoms with van der Waals surface area (Å²) in [5.74, 6) is -0.491. The lowest BCUT2D eigenvalue weighted by Gasteiger charge is -2.42. The number of nitrogens with zero attached hydrogens (tertiary/aromatic N) is 1. The van der Waals surface area contributed by atoms with Gasteiger partial charge < -0.3 is 24.6 Å². The van der Waals surface area contributed by atoms with E-state index in [0.29, 0.717) is 52.2 Å². The zero-order chi connectivity index (χ0) is 26.1. The topological polar surface area (TPSA) is 96.3 Å². The Morgan fingerprint density at radius 2 is 1.94 bits per heavy atom. The molecule has 2 N–H and O–H groups in total. The molecule has 1 unspecified atom stereocenters. The molecule has 3 aliphatic rings. The molecular weight excluding hydrogens is 458 g/mol. The van der Waals surface area contributed by atoms with Gasteiger partial charge in [0.25, 0.3) is 5.91 Å². The van der Waals surface area contributed by atoms with Crippen molar-refractivity contribution in [1.82, 2.24) is 4.90 Å². The number of rotatable bonds is 4. The second-order valence-electron chi connectivity index (χ2n) is 11.3. The first-order valence-corrected chi connectivity index (χ1v) is 12.4. The maximum atomic E-state index is 13.8. The van der Waals surface area contributed by atoms with Gasteiger partial charge in [-0.1, -0.05) is 52.0 Å². The number of benzene rings is 2. The molecule has 2 aliphatic heterocycles. The summed E-state index contributed by atoms with van der Waals surface area (Å²) in [6.07, 6.45) is 0.162. The number of allylic oxidation sites excluding steroid dienone is 1. The number of aliphatic hydroxyl groups excluding tert-OH is 1. The summed E-state index contributed by atoms with van der Waals surface area (Å²) < 4.78 is 12.3. The highest BCUT2D eigenvalue weighted by molar-refractivity contribution is 6.08. The Morgan fingerprint density at radius 3 is 2.58 bits per heavy atom. The molecule has 7 heteroatoms. The molecule has 1 aliphatic carbocycles. The molecule has 190 valence electrons. The molecule has 5 rings (SSSR count). The quantitative estimate of drug-likeness (QED) is 0.635. The fraction of sp³-hybridized carbons (Fsp3) is 0.448. The summed E-state index contributed by atoms with van der Waals surface area (Å²) in [6.45, 7) is 8.22. The van der Waals surface area contributed by atoms with Gasteiger partial charge >= 0.3 is 5.97 Å². The van der Waals surface area contributed by atoms with Crippen LogP contribution in [-0.4, -0.2) is 53.3 Å². The fourth-order valence-electron chi connectivity index (χ4n) is 6.38. The maximum absolute atomic E-state index is 13.8. The third-order valence-corrected chi connectivity index (χ3v) is 7.81. The van der Waals surface area contributed by atoms with Crippen LogP contribution >= 0.6 is 0 Å². The molecule has 2 heterocycles. The van der Waals surface area contributed by atoms with Crippen LogP contribution in [0.4, 0.5) is 0 Å². The Labute approximate surface area is 211 Å². The Balaban J connectivity index is 1.89. The van der Waals surface area contributed by atoms with Crippen LogP contribution in [0, 0.1) is 11.3 Å². The van der Waals surface area contributed by atoms with Crippen LogP contribution in [0.5, 0.6) is 5.75 Å². The Morgan fingerprint density at radius 1 is 1.25 bits per heavy atom. The third-order valence-electron chi connectivity index (χ3n) is 7.81. The van der Waals surface area contributed by atoms with E-state index >= 15 is 0 Å². The molecule has 0 saturated heterocycles. The molecule has 0 radical (unpaired) electrons. The van der Waals surface area contributed by atoms with Crippen molar-refractivity contribution < 1.29 is 29.3 Å². The molecule has 0 bridgehead atoms. The molecule has 0 spiro atoms. The number of likely N-dealkylation sites (N-methyl/N-ethyl adjacent to an activating group) is 1. The van der Waals surface area contributed by atoms with Gasteiger partial charge in [-0.05, 0) is 34.6 Å². The molecule has 0 fully saturated rings. The predicted octanol–water partition coefficient (Wildman–Crippen LogP) is 4.85. The number of carboxylic acids is 1. The molecular formula is C29H33NO6.